The fraction of sp³-hybridized carbons (Fsp3) is 0.333. The third-order valence-corrected chi connectivity index (χ3v) is 6.65. The van der Waals surface area contributed by atoms with Crippen LogP contribution in [-0.2, 0) is 0 Å². The topological polar surface area (TPSA) is 69.3 Å². The smallest absolute Gasteiger partial charge is 0.319 e. The molecule has 6 nitrogen and oxygen atoms in total. The van der Waals surface area contributed by atoms with Crippen molar-refractivity contribution in [3.8, 4) is 0 Å². The lowest BCUT2D eigenvalue weighted by atomic mass is 9.91. The van der Waals surface area contributed by atoms with Crippen molar-refractivity contribution in [3.05, 3.63) is 58.2 Å². The summed E-state index contributed by atoms with van der Waals surface area (Å²) in [6.07, 6.45) is 3.90. The lowest BCUT2D eigenvalue weighted by Crippen LogP contribution is -2.42. The largest absolute Gasteiger partial charge is 0.377 e. The summed E-state index contributed by atoms with van der Waals surface area (Å²) in [6.45, 7) is 0. The van der Waals surface area contributed by atoms with Crippen LogP contribution in [0.1, 0.15) is 25.7 Å². The summed E-state index contributed by atoms with van der Waals surface area (Å²) in [5.41, 5.74) is 3.00. The molecular formula is C24H28IN5O. The van der Waals surface area contributed by atoms with Crippen molar-refractivity contribution >= 4 is 56.7 Å². The Labute approximate surface area is 197 Å². The number of fused-ring (bicyclic) bond motifs is 1. The summed E-state index contributed by atoms with van der Waals surface area (Å²) >= 11 is 2.23. The Kier molecular flexibility index (Phi) is 6.80. The molecule has 0 aliphatic heterocycles. The van der Waals surface area contributed by atoms with Crippen molar-refractivity contribution in [2.75, 3.05) is 29.6 Å². The molecule has 0 spiro atoms. The zero-order chi connectivity index (χ0) is 21.8. The maximum Gasteiger partial charge on any atom is 0.319 e. The van der Waals surface area contributed by atoms with Crippen molar-refractivity contribution in [1.82, 2.24) is 10.3 Å². The van der Waals surface area contributed by atoms with Crippen LogP contribution < -0.4 is 20.9 Å². The van der Waals surface area contributed by atoms with E-state index in [2.05, 4.69) is 75.7 Å². The van der Waals surface area contributed by atoms with Crippen LogP contribution in [0.25, 0.3) is 10.9 Å². The molecule has 3 aromatic rings. The number of halogens is 1. The predicted molar refractivity (Wildman–Crippen MR) is 137 cm³/mol. The maximum absolute atomic E-state index is 12.4. The lowest BCUT2D eigenvalue weighted by Gasteiger charge is -2.30. The van der Waals surface area contributed by atoms with E-state index < -0.39 is 0 Å². The molecular weight excluding hydrogens is 501 g/mol. The molecule has 1 aliphatic carbocycles. The predicted octanol–water partition coefficient (Wildman–Crippen LogP) is 5.45. The van der Waals surface area contributed by atoms with Gasteiger partial charge in [-0.1, -0.05) is 30.3 Å². The molecule has 2 amide bonds. The highest BCUT2D eigenvalue weighted by atomic mass is 127. The SMILES string of the molecule is CN(C)c1cc(N[C@H]2CC[C@@H](NC(=O)Nc3ccccc3I)CC2)nc2ccccc12. The van der Waals surface area contributed by atoms with E-state index >= 15 is 0 Å². The molecule has 1 saturated carbocycles. The Morgan fingerprint density at radius 1 is 1.00 bits per heavy atom. The average molecular weight is 529 g/mol. The van der Waals surface area contributed by atoms with Gasteiger partial charge in [0, 0.05) is 46.9 Å². The van der Waals surface area contributed by atoms with Crippen LogP contribution in [0.2, 0.25) is 0 Å². The number of para-hydroxylation sites is 2. The van der Waals surface area contributed by atoms with E-state index in [0.29, 0.717) is 6.04 Å². The average Bonchev–Trinajstić information content (AvgIpc) is 2.76. The Morgan fingerprint density at radius 3 is 2.42 bits per heavy atom. The third kappa shape index (κ3) is 5.39. The van der Waals surface area contributed by atoms with Crippen LogP contribution in [0.4, 0.5) is 22.0 Å². The molecule has 0 atom stereocenters. The highest BCUT2D eigenvalue weighted by Crippen LogP contribution is 2.29. The van der Waals surface area contributed by atoms with Crippen molar-refractivity contribution in [2.24, 2.45) is 0 Å². The number of hydrogen-bond donors (Lipinski definition) is 3. The minimum atomic E-state index is -0.132. The van der Waals surface area contributed by atoms with Crippen molar-refractivity contribution in [2.45, 2.75) is 37.8 Å². The van der Waals surface area contributed by atoms with Crippen molar-refractivity contribution in [3.63, 3.8) is 0 Å². The number of aromatic nitrogens is 1. The van der Waals surface area contributed by atoms with Gasteiger partial charge in [0.15, 0.2) is 0 Å². The van der Waals surface area contributed by atoms with Gasteiger partial charge in [0.05, 0.1) is 11.2 Å². The van der Waals surface area contributed by atoms with Gasteiger partial charge in [0.2, 0.25) is 0 Å². The molecule has 7 heteroatoms. The number of carbonyl (C=O) groups excluding carboxylic acids is 1. The van der Waals surface area contributed by atoms with E-state index in [-0.39, 0.29) is 12.1 Å². The van der Waals surface area contributed by atoms with Crippen LogP contribution >= 0.6 is 22.6 Å². The van der Waals surface area contributed by atoms with E-state index in [1.54, 1.807) is 0 Å². The summed E-state index contributed by atoms with van der Waals surface area (Å²) in [6, 6.07) is 18.6. The second-order valence-electron chi connectivity index (χ2n) is 8.21. The number of urea groups is 1. The first-order valence-corrected chi connectivity index (χ1v) is 11.7. The number of nitrogens with zero attached hydrogens (tertiary/aromatic N) is 2. The molecule has 0 saturated heterocycles. The molecule has 31 heavy (non-hydrogen) atoms. The number of hydrogen-bond acceptors (Lipinski definition) is 4. The van der Waals surface area contributed by atoms with Crippen molar-refractivity contribution < 1.29 is 4.79 Å². The van der Waals surface area contributed by atoms with Crippen LogP contribution in [0.5, 0.6) is 0 Å². The van der Waals surface area contributed by atoms with Gasteiger partial charge in [-0.2, -0.15) is 0 Å². The van der Waals surface area contributed by atoms with Gasteiger partial charge in [-0.15, -0.1) is 0 Å². The Balaban J connectivity index is 1.33. The minimum Gasteiger partial charge on any atom is -0.377 e. The maximum atomic E-state index is 12.4. The highest BCUT2D eigenvalue weighted by Gasteiger charge is 2.23. The fourth-order valence-corrected chi connectivity index (χ4v) is 4.62. The van der Waals surface area contributed by atoms with E-state index in [1.807, 2.05) is 36.4 Å². The van der Waals surface area contributed by atoms with Gasteiger partial charge in [-0.05, 0) is 66.5 Å². The molecule has 0 unspecified atom stereocenters. The Hall–Kier alpha value is -2.55. The zero-order valence-electron chi connectivity index (χ0n) is 17.9. The van der Waals surface area contributed by atoms with Gasteiger partial charge in [0.1, 0.15) is 5.82 Å². The molecule has 2 aromatic carbocycles. The first-order valence-electron chi connectivity index (χ1n) is 10.7. The van der Waals surface area contributed by atoms with Gasteiger partial charge < -0.3 is 20.9 Å². The fourth-order valence-electron chi connectivity index (χ4n) is 4.10. The Morgan fingerprint density at radius 2 is 1.68 bits per heavy atom. The van der Waals surface area contributed by atoms with Crippen LogP contribution in [-0.4, -0.2) is 37.2 Å². The van der Waals surface area contributed by atoms with Gasteiger partial charge in [0.25, 0.3) is 0 Å². The molecule has 3 N–H and O–H groups in total. The lowest BCUT2D eigenvalue weighted by molar-refractivity contribution is 0.243. The highest BCUT2D eigenvalue weighted by molar-refractivity contribution is 14.1. The number of nitrogens with one attached hydrogen (secondary N) is 3. The van der Waals surface area contributed by atoms with Crippen molar-refractivity contribution in [1.29, 1.82) is 0 Å². The van der Waals surface area contributed by atoms with E-state index in [9.17, 15) is 4.79 Å². The summed E-state index contributed by atoms with van der Waals surface area (Å²) in [4.78, 5) is 19.3. The van der Waals surface area contributed by atoms with Gasteiger partial charge in [-0.3, -0.25) is 0 Å². The number of benzene rings is 2. The summed E-state index contributed by atoms with van der Waals surface area (Å²) in [5.74, 6) is 0.912. The molecule has 1 aromatic heterocycles. The van der Waals surface area contributed by atoms with Gasteiger partial charge in [-0.25, -0.2) is 9.78 Å². The van der Waals surface area contributed by atoms with E-state index in [4.69, 9.17) is 4.98 Å². The molecule has 1 heterocycles. The number of anilines is 3. The zero-order valence-corrected chi connectivity index (χ0v) is 20.0. The molecule has 0 bridgehead atoms. The Bertz CT molecular complexity index is 1060. The first kappa shape index (κ1) is 21.7. The van der Waals surface area contributed by atoms with E-state index in [0.717, 1.165) is 57.3 Å². The molecule has 162 valence electrons. The monoisotopic (exact) mass is 529 g/mol. The normalized spacial score (nSPS) is 18.4. The summed E-state index contributed by atoms with van der Waals surface area (Å²) in [7, 11) is 4.12. The van der Waals surface area contributed by atoms with Gasteiger partial charge >= 0.3 is 6.03 Å². The number of rotatable bonds is 5. The van der Waals surface area contributed by atoms with Crippen LogP contribution in [0, 0.1) is 3.57 Å². The quantitative estimate of drug-likeness (QED) is 0.385. The summed E-state index contributed by atoms with van der Waals surface area (Å²) < 4.78 is 1.03. The standard InChI is InChI=1S/C24H28IN5O/c1-30(2)22-15-23(28-20-9-5-3-7-18(20)22)26-16-11-13-17(14-12-16)27-24(31)29-21-10-6-4-8-19(21)25/h3-10,15-17H,11-14H2,1-2H3,(H,26,28)(H2,27,29,31)/t16-,17+. The van der Waals surface area contributed by atoms with Crippen LogP contribution in [0.15, 0.2) is 54.6 Å². The first-order chi connectivity index (χ1) is 15.0. The molecule has 0 radical (unpaired) electrons. The number of pyridine rings is 1. The van der Waals surface area contributed by atoms with Crippen LogP contribution in [0.3, 0.4) is 0 Å². The van der Waals surface area contributed by atoms with E-state index in [1.165, 1.54) is 0 Å². The minimum absolute atomic E-state index is 0.132. The number of carbonyl (C=O) groups is 1. The second kappa shape index (κ2) is 9.72. The number of amides is 2. The third-order valence-electron chi connectivity index (χ3n) is 5.71. The molecule has 4 rings (SSSR count). The summed E-state index contributed by atoms with van der Waals surface area (Å²) in [5, 5.41) is 10.9. The second-order valence-corrected chi connectivity index (χ2v) is 9.37. The molecule has 1 fully saturated rings. The molecule has 1 aliphatic rings.